The topological polar surface area (TPSA) is 103 Å². The molecule has 2 fully saturated rings. The molecule has 0 unspecified atom stereocenters. The Morgan fingerprint density at radius 1 is 1.19 bits per heavy atom. The average Bonchev–Trinajstić information content (AvgIpc) is 3.69. The van der Waals surface area contributed by atoms with E-state index >= 15 is 0 Å². The van der Waals surface area contributed by atoms with Crippen LogP contribution in [0, 0.1) is 0 Å². The number of ether oxygens (including phenoxy) is 3. The van der Waals surface area contributed by atoms with E-state index in [1.807, 2.05) is 33.8 Å². The molecule has 1 amide bonds. The molecule has 9 nitrogen and oxygen atoms in total. The van der Waals surface area contributed by atoms with Crippen LogP contribution in [0.15, 0.2) is 24.3 Å². The zero-order valence-corrected chi connectivity index (χ0v) is 21.6. The first-order chi connectivity index (χ1) is 17.3. The predicted octanol–water partition coefficient (Wildman–Crippen LogP) is 5.02. The lowest BCUT2D eigenvalue weighted by atomic mass is 10.0. The van der Waals surface area contributed by atoms with Gasteiger partial charge in [-0.25, -0.2) is 4.79 Å². The molecule has 1 aromatic heterocycles. The zero-order chi connectivity index (χ0) is 25.7. The van der Waals surface area contributed by atoms with Gasteiger partial charge in [0.25, 0.3) is 0 Å². The smallest absolute Gasteiger partial charge is 0.410 e. The molecular weight excluding hydrogens is 460 g/mol. The Morgan fingerprint density at radius 2 is 2.00 bits per heavy atom. The van der Waals surface area contributed by atoms with E-state index in [1.54, 1.807) is 17.0 Å². The number of carbonyl (C=O) groups is 2. The minimum absolute atomic E-state index is 0.0652. The number of anilines is 1. The number of aromatic nitrogens is 2. The number of hydrogen-bond acceptors (Lipinski definition) is 8. The SMILES string of the molecule is CCOCOc1cc(C=O)ccc1-c1nnc(N[C@@H]2CCCN(C(=O)OC(C)(C)C)C2)cc1C1CC1. The largest absolute Gasteiger partial charge is 0.467 e. The molecule has 194 valence electrons. The zero-order valence-electron chi connectivity index (χ0n) is 21.6. The number of carbonyl (C=O) groups excluding carboxylic acids is 2. The van der Waals surface area contributed by atoms with Gasteiger partial charge in [0.2, 0.25) is 0 Å². The van der Waals surface area contributed by atoms with Gasteiger partial charge in [0.1, 0.15) is 29.1 Å². The van der Waals surface area contributed by atoms with E-state index in [9.17, 15) is 9.59 Å². The number of amides is 1. The molecule has 2 aliphatic rings. The summed E-state index contributed by atoms with van der Waals surface area (Å²) in [4.78, 5) is 25.6. The van der Waals surface area contributed by atoms with Crippen LogP contribution in [0.2, 0.25) is 0 Å². The molecule has 0 spiro atoms. The highest BCUT2D eigenvalue weighted by molar-refractivity contribution is 5.80. The molecule has 2 heterocycles. The summed E-state index contributed by atoms with van der Waals surface area (Å²) in [6.07, 6.45) is 4.52. The van der Waals surface area contributed by atoms with E-state index in [0.717, 1.165) is 48.8 Å². The van der Waals surface area contributed by atoms with Crippen LogP contribution in [0.25, 0.3) is 11.3 Å². The van der Waals surface area contributed by atoms with Crippen molar-refractivity contribution in [3.8, 4) is 17.0 Å². The maximum absolute atomic E-state index is 12.5. The summed E-state index contributed by atoms with van der Waals surface area (Å²) in [6, 6.07) is 7.45. The molecule has 1 aliphatic carbocycles. The summed E-state index contributed by atoms with van der Waals surface area (Å²) >= 11 is 0. The lowest BCUT2D eigenvalue weighted by molar-refractivity contribution is 0.0205. The average molecular weight is 497 g/mol. The molecule has 1 atom stereocenters. The van der Waals surface area contributed by atoms with Crippen LogP contribution in [0.3, 0.4) is 0 Å². The summed E-state index contributed by atoms with van der Waals surface area (Å²) in [7, 11) is 0. The van der Waals surface area contributed by atoms with Gasteiger partial charge in [-0.3, -0.25) is 4.79 Å². The van der Waals surface area contributed by atoms with Gasteiger partial charge in [-0.1, -0.05) is 6.07 Å². The van der Waals surface area contributed by atoms with Gasteiger partial charge in [-0.2, -0.15) is 0 Å². The van der Waals surface area contributed by atoms with Crippen molar-refractivity contribution in [1.82, 2.24) is 15.1 Å². The molecule has 36 heavy (non-hydrogen) atoms. The van der Waals surface area contributed by atoms with E-state index in [0.29, 0.717) is 42.7 Å². The number of aldehydes is 1. The maximum Gasteiger partial charge on any atom is 0.410 e. The minimum Gasteiger partial charge on any atom is -0.467 e. The van der Waals surface area contributed by atoms with Crippen molar-refractivity contribution < 1.29 is 23.8 Å². The summed E-state index contributed by atoms with van der Waals surface area (Å²) in [5.74, 6) is 1.65. The van der Waals surface area contributed by atoms with Gasteiger partial charge in [-0.15, -0.1) is 10.2 Å². The van der Waals surface area contributed by atoms with E-state index in [2.05, 4.69) is 21.6 Å². The van der Waals surface area contributed by atoms with Gasteiger partial charge in [0.15, 0.2) is 6.79 Å². The second-order valence-corrected chi connectivity index (χ2v) is 10.3. The summed E-state index contributed by atoms with van der Waals surface area (Å²) in [5.41, 5.74) is 2.65. The number of likely N-dealkylation sites (tertiary alicyclic amines) is 1. The Labute approximate surface area is 212 Å². The second-order valence-electron chi connectivity index (χ2n) is 10.3. The lowest BCUT2D eigenvalue weighted by Crippen LogP contribution is -2.47. The first kappa shape index (κ1) is 25.9. The maximum atomic E-state index is 12.5. The van der Waals surface area contributed by atoms with E-state index in [4.69, 9.17) is 14.2 Å². The number of nitrogens with one attached hydrogen (secondary N) is 1. The summed E-state index contributed by atoms with van der Waals surface area (Å²) < 4.78 is 16.7. The molecular formula is C27H36N4O5. The third-order valence-electron chi connectivity index (χ3n) is 6.16. The number of hydrogen-bond donors (Lipinski definition) is 1. The molecule has 9 heteroatoms. The van der Waals surface area contributed by atoms with Crippen LogP contribution >= 0.6 is 0 Å². The third-order valence-corrected chi connectivity index (χ3v) is 6.16. The quantitative estimate of drug-likeness (QED) is 0.293. The van der Waals surface area contributed by atoms with Crippen molar-refractivity contribution >= 4 is 18.2 Å². The van der Waals surface area contributed by atoms with Crippen LogP contribution in [0.4, 0.5) is 10.6 Å². The van der Waals surface area contributed by atoms with Gasteiger partial charge < -0.3 is 24.4 Å². The fraction of sp³-hybridized carbons (Fsp3) is 0.556. The molecule has 1 saturated heterocycles. The fourth-order valence-corrected chi connectivity index (χ4v) is 4.30. The van der Waals surface area contributed by atoms with Crippen molar-refractivity contribution in [2.75, 3.05) is 31.8 Å². The van der Waals surface area contributed by atoms with Crippen molar-refractivity contribution in [3.63, 3.8) is 0 Å². The Kier molecular flexibility index (Phi) is 8.08. The van der Waals surface area contributed by atoms with E-state index in [1.165, 1.54) is 0 Å². The van der Waals surface area contributed by atoms with Gasteiger partial charge in [0.05, 0.1) is 0 Å². The Bertz CT molecular complexity index is 1080. The Balaban J connectivity index is 1.53. The van der Waals surface area contributed by atoms with Crippen LogP contribution < -0.4 is 10.1 Å². The van der Waals surface area contributed by atoms with Crippen LogP contribution in [0.5, 0.6) is 5.75 Å². The van der Waals surface area contributed by atoms with Crippen LogP contribution in [-0.4, -0.2) is 65.6 Å². The monoisotopic (exact) mass is 496 g/mol. The molecule has 1 N–H and O–H groups in total. The first-order valence-electron chi connectivity index (χ1n) is 12.7. The van der Waals surface area contributed by atoms with Crippen molar-refractivity contribution in [2.45, 2.75) is 70.9 Å². The van der Waals surface area contributed by atoms with Crippen molar-refractivity contribution in [2.24, 2.45) is 0 Å². The van der Waals surface area contributed by atoms with Crippen LogP contribution in [0.1, 0.15) is 75.2 Å². The first-order valence-corrected chi connectivity index (χ1v) is 12.7. The minimum atomic E-state index is -0.521. The summed E-state index contributed by atoms with van der Waals surface area (Å²) in [6.45, 7) is 9.39. The number of nitrogens with zero attached hydrogens (tertiary/aromatic N) is 3. The fourth-order valence-electron chi connectivity index (χ4n) is 4.30. The lowest BCUT2D eigenvalue weighted by Gasteiger charge is -2.34. The molecule has 4 rings (SSSR count). The Hall–Kier alpha value is -3.20. The predicted molar refractivity (Wildman–Crippen MR) is 136 cm³/mol. The van der Waals surface area contributed by atoms with Gasteiger partial charge >= 0.3 is 6.09 Å². The van der Waals surface area contributed by atoms with E-state index in [-0.39, 0.29) is 18.9 Å². The number of piperidine rings is 1. The Morgan fingerprint density at radius 3 is 2.69 bits per heavy atom. The summed E-state index contributed by atoms with van der Waals surface area (Å²) in [5, 5.41) is 12.6. The highest BCUT2D eigenvalue weighted by Crippen LogP contribution is 2.45. The normalized spacial score (nSPS) is 18.0. The number of rotatable bonds is 9. The van der Waals surface area contributed by atoms with E-state index < -0.39 is 5.60 Å². The van der Waals surface area contributed by atoms with Gasteiger partial charge in [-0.05, 0) is 83.1 Å². The van der Waals surface area contributed by atoms with Gasteiger partial charge in [0, 0.05) is 36.9 Å². The molecule has 1 aromatic carbocycles. The molecule has 1 saturated carbocycles. The highest BCUT2D eigenvalue weighted by atomic mass is 16.7. The number of benzene rings is 1. The molecule has 1 aliphatic heterocycles. The molecule has 0 radical (unpaired) electrons. The second kappa shape index (κ2) is 11.2. The van der Waals surface area contributed by atoms with Crippen molar-refractivity contribution in [1.29, 1.82) is 0 Å². The van der Waals surface area contributed by atoms with Crippen LogP contribution in [-0.2, 0) is 9.47 Å². The van der Waals surface area contributed by atoms with Crippen molar-refractivity contribution in [3.05, 3.63) is 35.4 Å². The highest BCUT2D eigenvalue weighted by Gasteiger charge is 2.31. The molecule has 2 aromatic rings. The standard InChI is InChI=1S/C27H36N4O5/c1-5-34-17-35-23-13-18(16-32)8-11-21(23)25-22(19-9-10-19)14-24(29-30-25)28-20-7-6-12-31(15-20)26(33)36-27(2,3)4/h8,11,13-14,16,19-20H,5-7,9-10,12,15,17H2,1-4H3,(H,28,29)/t20-/m1/s1. The third kappa shape index (κ3) is 6.72. The molecule has 0 bridgehead atoms.